The zero-order chi connectivity index (χ0) is 23.7. The van der Waals surface area contributed by atoms with E-state index in [1.165, 1.54) is 12.5 Å². The molecule has 5 rings (SSSR count). The van der Waals surface area contributed by atoms with E-state index in [0.717, 1.165) is 37.9 Å². The molecule has 1 amide bonds. The second-order valence-electron chi connectivity index (χ2n) is 8.95. The number of amides is 1. The first-order valence-corrected chi connectivity index (χ1v) is 13.2. The highest BCUT2D eigenvalue weighted by Gasteiger charge is 2.30. The molecule has 10 heteroatoms. The van der Waals surface area contributed by atoms with Crippen LogP contribution >= 0.6 is 0 Å². The third-order valence-corrected chi connectivity index (χ3v) is 7.63. The van der Waals surface area contributed by atoms with E-state index in [1.54, 1.807) is 36.4 Å². The number of anilines is 2. The average molecular weight is 484 g/mol. The minimum atomic E-state index is -4.01. The van der Waals surface area contributed by atoms with E-state index in [0.29, 0.717) is 29.1 Å². The summed E-state index contributed by atoms with van der Waals surface area (Å²) in [7, 11) is -4.01. The van der Waals surface area contributed by atoms with E-state index in [1.807, 2.05) is 0 Å². The number of hydrogen-bond acceptors (Lipinski definition) is 7. The van der Waals surface area contributed by atoms with Gasteiger partial charge in [-0.05, 0) is 75.0 Å². The van der Waals surface area contributed by atoms with Gasteiger partial charge in [-0.2, -0.15) is 8.42 Å². The molecule has 34 heavy (non-hydrogen) atoms. The summed E-state index contributed by atoms with van der Waals surface area (Å²) in [6.45, 7) is 3.18. The van der Waals surface area contributed by atoms with Gasteiger partial charge < -0.3 is 19.8 Å². The van der Waals surface area contributed by atoms with Gasteiger partial charge in [0.25, 0.3) is 0 Å². The van der Waals surface area contributed by atoms with Crippen molar-refractivity contribution in [3.63, 3.8) is 0 Å². The van der Waals surface area contributed by atoms with Crippen molar-refractivity contribution < 1.29 is 17.4 Å². The maximum Gasteiger partial charge on any atom is 0.339 e. The fraction of sp³-hybridized carbons (Fsp3) is 0.417. The molecular weight excluding hydrogens is 454 g/mol. The van der Waals surface area contributed by atoms with Crippen LogP contribution in [0.4, 0.5) is 11.6 Å². The first kappa shape index (κ1) is 22.7. The SMILES string of the molecule is CCC(Nc1ccc(S(=O)(=O)Oc2ccc3[nH]c(NC(=O)C4CC4)nc3c2)cc1)C1CCCN1. The number of H-pyrrole nitrogens is 1. The van der Waals surface area contributed by atoms with Crippen LogP contribution in [-0.4, -0.2) is 42.9 Å². The maximum atomic E-state index is 12.8. The third-order valence-electron chi connectivity index (χ3n) is 6.37. The zero-order valence-electron chi connectivity index (χ0n) is 19.0. The van der Waals surface area contributed by atoms with Crippen molar-refractivity contribution in [2.75, 3.05) is 17.2 Å². The van der Waals surface area contributed by atoms with E-state index in [-0.39, 0.29) is 22.5 Å². The average Bonchev–Trinajstić information content (AvgIpc) is 3.39. The molecule has 2 aliphatic rings. The molecule has 2 heterocycles. The number of fused-ring (bicyclic) bond motifs is 1. The Morgan fingerprint density at radius 3 is 2.65 bits per heavy atom. The molecule has 4 N–H and O–H groups in total. The van der Waals surface area contributed by atoms with E-state index >= 15 is 0 Å². The number of carbonyl (C=O) groups is 1. The quantitative estimate of drug-likeness (QED) is 0.343. The first-order chi connectivity index (χ1) is 16.4. The molecule has 9 nitrogen and oxygen atoms in total. The van der Waals surface area contributed by atoms with E-state index in [2.05, 4.69) is 32.8 Å². The minimum Gasteiger partial charge on any atom is -0.381 e. The summed E-state index contributed by atoms with van der Waals surface area (Å²) in [4.78, 5) is 19.4. The lowest BCUT2D eigenvalue weighted by atomic mass is 10.0. The molecular formula is C24H29N5O4S. The molecule has 0 spiro atoms. The number of nitrogens with one attached hydrogen (secondary N) is 4. The molecule has 180 valence electrons. The maximum absolute atomic E-state index is 12.8. The highest BCUT2D eigenvalue weighted by Crippen LogP contribution is 2.30. The van der Waals surface area contributed by atoms with Crippen molar-refractivity contribution in [2.45, 2.75) is 56.0 Å². The minimum absolute atomic E-state index is 0.0548. The summed E-state index contributed by atoms with van der Waals surface area (Å²) in [5, 5.41) is 9.77. The second-order valence-corrected chi connectivity index (χ2v) is 10.5. The van der Waals surface area contributed by atoms with Gasteiger partial charge in [-0.1, -0.05) is 6.92 Å². The highest BCUT2D eigenvalue weighted by atomic mass is 32.2. The van der Waals surface area contributed by atoms with Gasteiger partial charge in [-0.25, -0.2) is 4.98 Å². The van der Waals surface area contributed by atoms with Crippen molar-refractivity contribution in [3.05, 3.63) is 42.5 Å². The van der Waals surface area contributed by atoms with Crippen LogP contribution in [0.2, 0.25) is 0 Å². The molecule has 2 fully saturated rings. The largest absolute Gasteiger partial charge is 0.381 e. The lowest BCUT2D eigenvalue weighted by molar-refractivity contribution is -0.117. The number of aromatic amines is 1. The summed E-state index contributed by atoms with van der Waals surface area (Å²) in [5.74, 6) is 0.500. The molecule has 1 aliphatic heterocycles. The summed E-state index contributed by atoms with van der Waals surface area (Å²) in [6, 6.07) is 12.1. The van der Waals surface area contributed by atoms with Crippen LogP contribution in [0.1, 0.15) is 39.0 Å². The Hall–Kier alpha value is -3.11. The topological polar surface area (TPSA) is 125 Å². The van der Waals surface area contributed by atoms with Gasteiger partial charge in [0.2, 0.25) is 11.9 Å². The van der Waals surface area contributed by atoms with Gasteiger partial charge in [0.05, 0.1) is 11.0 Å². The Morgan fingerprint density at radius 2 is 1.97 bits per heavy atom. The predicted octanol–water partition coefficient (Wildman–Crippen LogP) is 3.62. The Kier molecular flexibility index (Phi) is 6.18. The lowest BCUT2D eigenvalue weighted by Gasteiger charge is -2.25. The van der Waals surface area contributed by atoms with Gasteiger partial charge in [0.15, 0.2) is 0 Å². The Balaban J connectivity index is 1.26. The second kappa shape index (κ2) is 9.27. The van der Waals surface area contributed by atoms with Crippen molar-refractivity contribution in [2.24, 2.45) is 5.92 Å². The van der Waals surface area contributed by atoms with Crippen LogP contribution in [0, 0.1) is 5.92 Å². The molecule has 2 atom stereocenters. The molecule has 2 aromatic carbocycles. The predicted molar refractivity (Wildman–Crippen MR) is 130 cm³/mol. The Bertz CT molecular complexity index is 1280. The normalized spacial score (nSPS) is 19.1. The molecule has 0 bridgehead atoms. The van der Waals surface area contributed by atoms with Crippen LogP contribution in [0.5, 0.6) is 5.75 Å². The number of imidazole rings is 1. The van der Waals surface area contributed by atoms with Crippen LogP contribution in [0.25, 0.3) is 11.0 Å². The third kappa shape index (κ3) is 5.02. The smallest absolute Gasteiger partial charge is 0.339 e. The molecule has 1 aliphatic carbocycles. The molecule has 3 aromatic rings. The zero-order valence-corrected chi connectivity index (χ0v) is 19.8. The lowest BCUT2D eigenvalue weighted by Crippen LogP contribution is -2.39. The number of nitrogens with zero attached hydrogens (tertiary/aromatic N) is 1. The summed E-state index contributed by atoms with van der Waals surface area (Å²) in [5.41, 5.74) is 2.05. The van der Waals surface area contributed by atoms with Gasteiger partial charge >= 0.3 is 10.1 Å². The van der Waals surface area contributed by atoms with Crippen molar-refractivity contribution in [1.82, 2.24) is 15.3 Å². The van der Waals surface area contributed by atoms with Gasteiger partial charge in [-0.3, -0.25) is 10.1 Å². The fourth-order valence-electron chi connectivity index (χ4n) is 4.31. The Labute approximate surface area is 198 Å². The summed E-state index contributed by atoms with van der Waals surface area (Å²) in [6.07, 6.45) is 5.09. The summed E-state index contributed by atoms with van der Waals surface area (Å²) >= 11 is 0. The van der Waals surface area contributed by atoms with Crippen LogP contribution in [0.15, 0.2) is 47.4 Å². The van der Waals surface area contributed by atoms with Crippen LogP contribution in [-0.2, 0) is 14.9 Å². The number of benzene rings is 2. The van der Waals surface area contributed by atoms with Crippen molar-refractivity contribution in [3.8, 4) is 5.75 Å². The number of aromatic nitrogens is 2. The number of hydrogen-bond donors (Lipinski definition) is 4. The van der Waals surface area contributed by atoms with E-state index in [9.17, 15) is 13.2 Å². The van der Waals surface area contributed by atoms with E-state index in [4.69, 9.17) is 4.18 Å². The van der Waals surface area contributed by atoms with Gasteiger partial charge in [0.1, 0.15) is 10.6 Å². The van der Waals surface area contributed by atoms with Crippen molar-refractivity contribution in [1.29, 1.82) is 0 Å². The van der Waals surface area contributed by atoms with E-state index < -0.39 is 10.1 Å². The standard InChI is InChI=1S/C24H29N5O4S/c1-2-19(20-4-3-13-25-20)26-16-7-10-18(11-8-16)34(31,32)33-17-9-12-21-22(14-17)28-24(27-21)29-23(30)15-5-6-15/h7-12,14-15,19-20,25-26H,2-6,13H2,1H3,(H2,27,28,29,30). The highest BCUT2D eigenvalue weighted by molar-refractivity contribution is 7.87. The monoisotopic (exact) mass is 483 g/mol. The summed E-state index contributed by atoms with van der Waals surface area (Å²) < 4.78 is 31.0. The number of carbonyl (C=O) groups excluding carboxylic acids is 1. The van der Waals surface area contributed by atoms with Gasteiger partial charge in [-0.15, -0.1) is 0 Å². The fourth-order valence-corrected chi connectivity index (χ4v) is 5.23. The molecule has 2 unspecified atom stereocenters. The first-order valence-electron chi connectivity index (χ1n) is 11.8. The van der Waals surface area contributed by atoms with Crippen LogP contribution in [0.3, 0.4) is 0 Å². The molecule has 1 saturated heterocycles. The van der Waals surface area contributed by atoms with Crippen molar-refractivity contribution >= 4 is 38.7 Å². The van der Waals surface area contributed by atoms with Crippen LogP contribution < -0.4 is 20.1 Å². The number of rotatable bonds is 9. The van der Waals surface area contributed by atoms with Gasteiger partial charge in [0, 0.05) is 29.8 Å². The molecule has 1 saturated carbocycles. The molecule has 1 aromatic heterocycles. The Morgan fingerprint density at radius 1 is 1.18 bits per heavy atom. The molecule has 0 radical (unpaired) electrons.